The molecule has 0 aromatic carbocycles. The van der Waals surface area contributed by atoms with Crippen LogP contribution in [0.5, 0.6) is 0 Å². The van der Waals surface area contributed by atoms with Gasteiger partial charge in [0.2, 0.25) is 0 Å². The van der Waals surface area contributed by atoms with Crippen LogP contribution in [-0.4, -0.2) is 17.2 Å². The number of hydrogen-bond acceptors (Lipinski definition) is 1. The second kappa shape index (κ2) is 7.91. The second-order valence-corrected chi connectivity index (χ2v) is 5.41. The molecular weight excluding hydrogens is 204 g/mol. The quantitative estimate of drug-likeness (QED) is 0.686. The fraction of sp³-hybridized carbons (Fsp3) is 0.917. The van der Waals surface area contributed by atoms with Crippen molar-refractivity contribution < 1.29 is 0 Å². The summed E-state index contributed by atoms with van der Waals surface area (Å²) in [4.78, 5) is 0. The van der Waals surface area contributed by atoms with Gasteiger partial charge in [-0.15, -0.1) is 0 Å². The summed E-state index contributed by atoms with van der Waals surface area (Å²) in [6.45, 7) is 10.9. The first kappa shape index (κ1) is 14.7. The van der Waals surface area contributed by atoms with Crippen LogP contribution in [0, 0.1) is 5.92 Å². The molecule has 0 fully saturated rings. The molecule has 0 spiro atoms. The van der Waals surface area contributed by atoms with E-state index in [4.69, 9.17) is 12.2 Å². The van der Waals surface area contributed by atoms with Crippen LogP contribution in [-0.2, 0) is 0 Å². The second-order valence-electron chi connectivity index (χ2n) is 5.00. The van der Waals surface area contributed by atoms with Crippen molar-refractivity contribution in [1.82, 2.24) is 10.6 Å². The van der Waals surface area contributed by atoms with Gasteiger partial charge in [0.05, 0.1) is 0 Å². The van der Waals surface area contributed by atoms with E-state index >= 15 is 0 Å². The molecule has 0 aliphatic rings. The summed E-state index contributed by atoms with van der Waals surface area (Å²) in [7, 11) is 0. The zero-order valence-corrected chi connectivity index (χ0v) is 11.6. The lowest BCUT2D eigenvalue weighted by molar-refractivity contribution is 0.492. The van der Waals surface area contributed by atoms with Crippen LogP contribution in [0.2, 0.25) is 0 Å². The molecule has 0 aromatic rings. The molecule has 0 aromatic heterocycles. The molecule has 0 heterocycles. The average molecular weight is 230 g/mol. The van der Waals surface area contributed by atoms with Gasteiger partial charge < -0.3 is 10.6 Å². The fourth-order valence-electron chi connectivity index (χ4n) is 1.43. The Bertz CT molecular complexity index is 178. The van der Waals surface area contributed by atoms with Gasteiger partial charge in [0.25, 0.3) is 0 Å². The SMILES string of the molecule is CC(C)CCCC(C)NC(=S)NC(C)C. The van der Waals surface area contributed by atoms with Crippen LogP contribution in [0.4, 0.5) is 0 Å². The van der Waals surface area contributed by atoms with Crippen molar-refractivity contribution in [2.24, 2.45) is 5.92 Å². The van der Waals surface area contributed by atoms with Gasteiger partial charge in [0.1, 0.15) is 0 Å². The highest BCUT2D eigenvalue weighted by Crippen LogP contribution is 2.08. The first-order valence-electron chi connectivity index (χ1n) is 5.98. The minimum atomic E-state index is 0.410. The molecule has 0 rings (SSSR count). The van der Waals surface area contributed by atoms with Crippen molar-refractivity contribution in [3.05, 3.63) is 0 Å². The van der Waals surface area contributed by atoms with E-state index in [-0.39, 0.29) is 0 Å². The van der Waals surface area contributed by atoms with Crippen LogP contribution in [0.3, 0.4) is 0 Å². The number of hydrogen-bond donors (Lipinski definition) is 2. The summed E-state index contributed by atoms with van der Waals surface area (Å²) >= 11 is 5.19. The zero-order chi connectivity index (χ0) is 11.8. The van der Waals surface area contributed by atoms with Crippen LogP contribution in [0.25, 0.3) is 0 Å². The molecule has 0 amide bonds. The van der Waals surface area contributed by atoms with E-state index in [0.29, 0.717) is 12.1 Å². The first-order valence-corrected chi connectivity index (χ1v) is 6.39. The summed E-state index contributed by atoms with van der Waals surface area (Å²) in [6, 6.07) is 0.885. The third-order valence-corrected chi connectivity index (χ3v) is 2.45. The van der Waals surface area contributed by atoms with Crippen molar-refractivity contribution in [3.63, 3.8) is 0 Å². The van der Waals surface area contributed by atoms with Crippen LogP contribution < -0.4 is 10.6 Å². The normalized spacial score (nSPS) is 13.0. The van der Waals surface area contributed by atoms with Gasteiger partial charge in [0, 0.05) is 12.1 Å². The zero-order valence-electron chi connectivity index (χ0n) is 10.8. The van der Waals surface area contributed by atoms with Crippen molar-refractivity contribution in [2.45, 2.75) is 66.0 Å². The number of rotatable bonds is 6. The minimum absolute atomic E-state index is 0.410. The molecule has 0 saturated carbocycles. The number of thiocarbonyl (C=S) groups is 1. The van der Waals surface area contributed by atoms with E-state index in [2.05, 4.69) is 45.3 Å². The highest BCUT2D eigenvalue weighted by Gasteiger charge is 2.05. The lowest BCUT2D eigenvalue weighted by Crippen LogP contribution is -2.43. The highest BCUT2D eigenvalue weighted by atomic mass is 32.1. The molecule has 90 valence electrons. The molecule has 0 aliphatic heterocycles. The third kappa shape index (κ3) is 9.98. The van der Waals surface area contributed by atoms with E-state index < -0.39 is 0 Å². The predicted molar refractivity (Wildman–Crippen MR) is 72.2 cm³/mol. The highest BCUT2D eigenvalue weighted by molar-refractivity contribution is 7.80. The van der Waals surface area contributed by atoms with Crippen molar-refractivity contribution in [3.8, 4) is 0 Å². The summed E-state index contributed by atoms with van der Waals surface area (Å²) in [6.07, 6.45) is 3.77. The van der Waals surface area contributed by atoms with Gasteiger partial charge in [-0.25, -0.2) is 0 Å². The standard InChI is InChI=1S/C12H26N2S/c1-9(2)7-6-8-11(5)14-12(15)13-10(3)4/h9-11H,6-8H2,1-5H3,(H2,13,14,15). The maximum atomic E-state index is 5.19. The van der Waals surface area contributed by atoms with Crippen molar-refractivity contribution >= 4 is 17.3 Å². The molecule has 0 saturated heterocycles. The molecule has 0 radical (unpaired) electrons. The van der Waals surface area contributed by atoms with Crippen molar-refractivity contribution in [1.29, 1.82) is 0 Å². The van der Waals surface area contributed by atoms with Crippen LogP contribution in [0.1, 0.15) is 53.9 Å². The summed E-state index contributed by atoms with van der Waals surface area (Å²) in [5.41, 5.74) is 0. The molecule has 15 heavy (non-hydrogen) atoms. The minimum Gasteiger partial charge on any atom is -0.361 e. The molecule has 3 heteroatoms. The van der Waals surface area contributed by atoms with E-state index in [1.165, 1.54) is 19.3 Å². The Balaban J connectivity index is 3.55. The van der Waals surface area contributed by atoms with E-state index in [1.54, 1.807) is 0 Å². The Morgan fingerprint density at radius 3 is 2.07 bits per heavy atom. The van der Waals surface area contributed by atoms with Gasteiger partial charge in [-0.2, -0.15) is 0 Å². The maximum Gasteiger partial charge on any atom is 0.166 e. The molecule has 1 unspecified atom stereocenters. The Morgan fingerprint density at radius 2 is 1.60 bits per heavy atom. The van der Waals surface area contributed by atoms with E-state index in [9.17, 15) is 0 Å². The van der Waals surface area contributed by atoms with E-state index in [0.717, 1.165) is 11.0 Å². The van der Waals surface area contributed by atoms with Gasteiger partial charge in [-0.3, -0.25) is 0 Å². The third-order valence-electron chi connectivity index (χ3n) is 2.22. The predicted octanol–water partition coefficient (Wildman–Crippen LogP) is 3.07. The van der Waals surface area contributed by atoms with Gasteiger partial charge >= 0.3 is 0 Å². The largest absolute Gasteiger partial charge is 0.361 e. The Labute approximate surface area is 100 Å². The first-order chi connectivity index (χ1) is 6.91. The summed E-state index contributed by atoms with van der Waals surface area (Å²) in [5.74, 6) is 0.804. The van der Waals surface area contributed by atoms with Crippen molar-refractivity contribution in [2.75, 3.05) is 0 Å². The van der Waals surface area contributed by atoms with Crippen LogP contribution >= 0.6 is 12.2 Å². The number of nitrogens with one attached hydrogen (secondary N) is 2. The van der Waals surface area contributed by atoms with Crippen LogP contribution in [0.15, 0.2) is 0 Å². The Morgan fingerprint density at radius 1 is 1.00 bits per heavy atom. The lowest BCUT2D eigenvalue weighted by atomic mass is 10.0. The molecule has 0 aliphatic carbocycles. The molecular formula is C12H26N2S. The smallest absolute Gasteiger partial charge is 0.166 e. The monoisotopic (exact) mass is 230 g/mol. The molecule has 0 bridgehead atoms. The van der Waals surface area contributed by atoms with E-state index in [1.807, 2.05) is 0 Å². The molecule has 2 nitrogen and oxygen atoms in total. The lowest BCUT2D eigenvalue weighted by Gasteiger charge is -2.18. The molecule has 1 atom stereocenters. The Kier molecular flexibility index (Phi) is 7.75. The summed E-state index contributed by atoms with van der Waals surface area (Å²) < 4.78 is 0. The maximum absolute atomic E-state index is 5.19. The Hall–Kier alpha value is -0.310. The van der Waals surface area contributed by atoms with Gasteiger partial charge in [-0.1, -0.05) is 26.7 Å². The fourth-order valence-corrected chi connectivity index (χ4v) is 1.87. The topological polar surface area (TPSA) is 24.1 Å². The summed E-state index contributed by atoms with van der Waals surface area (Å²) in [5, 5.41) is 7.28. The van der Waals surface area contributed by atoms with Gasteiger partial charge in [-0.05, 0) is 45.3 Å². The molecule has 2 N–H and O–H groups in total. The van der Waals surface area contributed by atoms with Gasteiger partial charge in [0.15, 0.2) is 5.11 Å². The average Bonchev–Trinajstić information content (AvgIpc) is 2.00.